The van der Waals surface area contributed by atoms with Crippen LogP contribution in [0.25, 0.3) is 0 Å². The Labute approximate surface area is 118 Å². The van der Waals surface area contributed by atoms with Crippen molar-refractivity contribution < 1.29 is 9.31 Å². The highest BCUT2D eigenvalue weighted by Crippen LogP contribution is 2.48. The first kappa shape index (κ1) is 13.9. The molecule has 0 bridgehead atoms. The topological polar surface area (TPSA) is 18.5 Å². The van der Waals surface area contributed by atoms with Crippen LogP contribution < -0.4 is 0 Å². The van der Waals surface area contributed by atoms with Crippen molar-refractivity contribution in [3.8, 4) is 0 Å². The van der Waals surface area contributed by atoms with Gasteiger partial charge in [0.2, 0.25) is 0 Å². The molecule has 0 aromatic heterocycles. The fourth-order valence-corrected chi connectivity index (χ4v) is 4.68. The highest BCUT2D eigenvalue weighted by atomic mass is 16.7. The van der Waals surface area contributed by atoms with E-state index in [1.165, 1.54) is 64.2 Å². The van der Waals surface area contributed by atoms with Gasteiger partial charge in [-0.15, -0.1) is 0 Å². The van der Waals surface area contributed by atoms with E-state index < -0.39 is 0 Å². The third-order valence-corrected chi connectivity index (χ3v) is 5.77. The predicted molar refractivity (Wildman–Crippen MR) is 79.2 cm³/mol. The first-order chi connectivity index (χ1) is 9.35. The molecular formula is C16H29BO2. The van der Waals surface area contributed by atoms with E-state index in [1.54, 1.807) is 0 Å². The summed E-state index contributed by atoms with van der Waals surface area (Å²) in [5, 5.41) is 0. The van der Waals surface area contributed by atoms with Crippen LogP contribution in [0, 0.1) is 11.8 Å². The molecule has 2 nitrogen and oxygen atoms in total. The van der Waals surface area contributed by atoms with E-state index in [0.717, 1.165) is 24.8 Å². The zero-order chi connectivity index (χ0) is 13.1. The van der Waals surface area contributed by atoms with Gasteiger partial charge < -0.3 is 9.31 Å². The minimum atomic E-state index is 0.0730. The fourth-order valence-electron chi connectivity index (χ4n) is 4.68. The second-order valence-electron chi connectivity index (χ2n) is 6.89. The van der Waals surface area contributed by atoms with Gasteiger partial charge in [0, 0.05) is 0 Å². The van der Waals surface area contributed by atoms with Gasteiger partial charge in [-0.2, -0.15) is 0 Å². The fraction of sp³-hybridized carbons (Fsp3) is 1.00. The molecule has 3 heteroatoms. The Morgan fingerprint density at radius 2 is 1.42 bits per heavy atom. The molecule has 1 saturated heterocycles. The van der Waals surface area contributed by atoms with Gasteiger partial charge in [-0.3, -0.25) is 0 Å². The summed E-state index contributed by atoms with van der Waals surface area (Å²) < 4.78 is 12.6. The molecule has 3 fully saturated rings. The Kier molecular flexibility index (Phi) is 4.53. The molecule has 3 aliphatic rings. The van der Waals surface area contributed by atoms with Crippen molar-refractivity contribution in [2.75, 3.05) is 6.61 Å². The molecule has 0 radical (unpaired) electrons. The number of hydrogen-bond donors (Lipinski definition) is 0. The van der Waals surface area contributed by atoms with Crippen LogP contribution in [0.4, 0.5) is 0 Å². The maximum Gasteiger partial charge on any atom is 0.457 e. The lowest BCUT2D eigenvalue weighted by Gasteiger charge is -2.46. The lowest BCUT2D eigenvalue weighted by atomic mass is 9.66. The average Bonchev–Trinajstić information content (AvgIpc) is 2.95. The van der Waals surface area contributed by atoms with E-state index >= 15 is 0 Å². The van der Waals surface area contributed by atoms with Gasteiger partial charge >= 0.3 is 7.12 Å². The third kappa shape index (κ3) is 2.74. The van der Waals surface area contributed by atoms with E-state index in [1.807, 2.05) is 0 Å². The summed E-state index contributed by atoms with van der Waals surface area (Å²) in [6, 6.07) is 0. The Morgan fingerprint density at radius 3 is 1.84 bits per heavy atom. The van der Waals surface area contributed by atoms with Crippen molar-refractivity contribution in [3.05, 3.63) is 0 Å². The molecule has 0 aromatic carbocycles. The standard InChI is InChI=1S/C16H29BO2/c1-2-17-18-13-16(19-17,14-9-5-3-6-10-14)15-11-7-4-8-12-15/h14-15H,2-13H2,1H3. The summed E-state index contributed by atoms with van der Waals surface area (Å²) in [5.41, 5.74) is 0.0848. The second kappa shape index (κ2) is 6.18. The van der Waals surface area contributed by atoms with Crippen LogP contribution in [-0.2, 0) is 9.31 Å². The zero-order valence-corrected chi connectivity index (χ0v) is 12.5. The van der Waals surface area contributed by atoms with Gasteiger partial charge in [-0.25, -0.2) is 0 Å². The first-order valence-corrected chi connectivity index (χ1v) is 8.64. The van der Waals surface area contributed by atoms with Gasteiger partial charge in [0.1, 0.15) is 0 Å². The molecule has 3 rings (SSSR count). The van der Waals surface area contributed by atoms with Gasteiger partial charge in [0.15, 0.2) is 0 Å². The van der Waals surface area contributed by atoms with Gasteiger partial charge in [0.05, 0.1) is 12.2 Å². The van der Waals surface area contributed by atoms with Gasteiger partial charge in [-0.05, 0) is 43.8 Å². The minimum absolute atomic E-state index is 0.0730. The third-order valence-electron chi connectivity index (χ3n) is 5.77. The molecule has 0 aromatic rings. The summed E-state index contributed by atoms with van der Waals surface area (Å²) in [7, 11) is 0.0730. The summed E-state index contributed by atoms with van der Waals surface area (Å²) >= 11 is 0. The second-order valence-corrected chi connectivity index (χ2v) is 6.89. The number of rotatable bonds is 3. The summed E-state index contributed by atoms with van der Waals surface area (Å²) in [5.74, 6) is 1.53. The maximum atomic E-state index is 6.55. The molecule has 2 saturated carbocycles. The van der Waals surface area contributed by atoms with E-state index in [0.29, 0.717) is 0 Å². The van der Waals surface area contributed by atoms with E-state index in [-0.39, 0.29) is 12.7 Å². The Balaban J connectivity index is 1.77. The highest BCUT2D eigenvalue weighted by Gasteiger charge is 2.52. The molecule has 19 heavy (non-hydrogen) atoms. The molecular weight excluding hydrogens is 235 g/mol. The molecule has 1 heterocycles. The van der Waals surface area contributed by atoms with E-state index in [2.05, 4.69) is 6.92 Å². The maximum absolute atomic E-state index is 6.55. The van der Waals surface area contributed by atoms with Crippen molar-refractivity contribution in [1.29, 1.82) is 0 Å². The molecule has 0 spiro atoms. The highest BCUT2D eigenvalue weighted by molar-refractivity contribution is 6.45. The molecule has 0 atom stereocenters. The lowest BCUT2D eigenvalue weighted by Crippen LogP contribution is -2.49. The molecule has 0 amide bonds. The van der Waals surface area contributed by atoms with Crippen LogP contribution in [0.2, 0.25) is 6.32 Å². The van der Waals surface area contributed by atoms with E-state index in [4.69, 9.17) is 9.31 Å². The Hall–Kier alpha value is -0.0151. The molecule has 2 aliphatic carbocycles. The monoisotopic (exact) mass is 264 g/mol. The summed E-state index contributed by atoms with van der Waals surface area (Å²) in [4.78, 5) is 0. The van der Waals surface area contributed by atoms with Crippen molar-refractivity contribution in [2.24, 2.45) is 11.8 Å². The van der Waals surface area contributed by atoms with Crippen LogP contribution in [0.1, 0.15) is 71.1 Å². The van der Waals surface area contributed by atoms with Crippen LogP contribution in [0.3, 0.4) is 0 Å². The zero-order valence-electron chi connectivity index (χ0n) is 12.5. The lowest BCUT2D eigenvalue weighted by molar-refractivity contribution is -0.0565. The van der Waals surface area contributed by atoms with Crippen molar-refractivity contribution in [1.82, 2.24) is 0 Å². The smallest absolute Gasteiger partial charge is 0.408 e. The largest absolute Gasteiger partial charge is 0.457 e. The van der Waals surface area contributed by atoms with Crippen LogP contribution in [0.5, 0.6) is 0 Å². The van der Waals surface area contributed by atoms with Crippen LogP contribution in [-0.4, -0.2) is 19.3 Å². The first-order valence-electron chi connectivity index (χ1n) is 8.64. The van der Waals surface area contributed by atoms with Crippen molar-refractivity contribution in [2.45, 2.75) is 83.1 Å². The van der Waals surface area contributed by atoms with Gasteiger partial charge in [-0.1, -0.05) is 45.4 Å². The molecule has 1 aliphatic heterocycles. The number of hydrogen-bond acceptors (Lipinski definition) is 2. The minimum Gasteiger partial charge on any atom is -0.408 e. The normalized spacial score (nSPS) is 29.8. The van der Waals surface area contributed by atoms with Crippen molar-refractivity contribution >= 4 is 7.12 Å². The predicted octanol–water partition coefficient (Wildman–Crippen LogP) is 4.44. The Morgan fingerprint density at radius 1 is 0.895 bits per heavy atom. The molecule has 108 valence electrons. The SMILES string of the molecule is CCB1OCC(C2CCCCC2)(C2CCCCC2)O1. The summed E-state index contributed by atoms with van der Waals surface area (Å²) in [6.45, 7) is 3.06. The Bertz CT molecular complexity index is 264. The van der Waals surface area contributed by atoms with Crippen LogP contribution in [0.15, 0.2) is 0 Å². The van der Waals surface area contributed by atoms with Gasteiger partial charge in [0.25, 0.3) is 0 Å². The van der Waals surface area contributed by atoms with E-state index in [9.17, 15) is 0 Å². The molecule has 0 N–H and O–H groups in total. The average molecular weight is 264 g/mol. The quantitative estimate of drug-likeness (QED) is 0.701. The van der Waals surface area contributed by atoms with Crippen LogP contribution >= 0.6 is 0 Å². The van der Waals surface area contributed by atoms with Crippen molar-refractivity contribution in [3.63, 3.8) is 0 Å². The summed E-state index contributed by atoms with van der Waals surface area (Å²) in [6.07, 6.45) is 14.9. The molecule has 0 unspecified atom stereocenters.